The van der Waals surface area contributed by atoms with Gasteiger partial charge in [-0.05, 0) is 19.5 Å². The van der Waals surface area contributed by atoms with E-state index in [0.29, 0.717) is 0 Å². The van der Waals surface area contributed by atoms with Crippen molar-refractivity contribution in [1.29, 1.82) is 0 Å². The van der Waals surface area contributed by atoms with Crippen LogP contribution in [-0.2, 0) is 13.1 Å². The zero-order valence-electron chi connectivity index (χ0n) is 10.2. The van der Waals surface area contributed by atoms with Gasteiger partial charge in [0.2, 0.25) is 0 Å². The molecule has 2 aromatic rings. The van der Waals surface area contributed by atoms with E-state index in [2.05, 4.69) is 27.1 Å². The highest BCUT2D eigenvalue weighted by Gasteiger charge is 2.07. The second kappa shape index (κ2) is 5.88. The van der Waals surface area contributed by atoms with Gasteiger partial charge in [-0.3, -0.25) is 9.58 Å². The molecule has 0 fully saturated rings. The Bertz CT molecular complexity index is 436. The minimum absolute atomic E-state index is 0.878. The first kappa shape index (κ1) is 12.2. The number of hydrogen-bond donors (Lipinski definition) is 0. The highest BCUT2D eigenvalue weighted by Crippen LogP contribution is 2.10. The van der Waals surface area contributed by atoms with Crippen molar-refractivity contribution in [3.05, 3.63) is 28.5 Å². The van der Waals surface area contributed by atoms with Crippen LogP contribution in [0.25, 0.3) is 0 Å². The minimum Gasteiger partial charge on any atom is -0.295 e. The molecule has 0 spiro atoms. The average molecular weight is 251 g/mol. The summed E-state index contributed by atoms with van der Waals surface area (Å²) in [5.41, 5.74) is 0. The Morgan fingerprint density at radius 1 is 1.41 bits per heavy atom. The van der Waals surface area contributed by atoms with Gasteiger partial charge in [-0.15, -0.1) is 21.5 Å². The van der Waals surface area contributed by atoms with Crippen molar-refractivity contribution in [2.75, 3.05) is 13.1 Å². The molecule has 0 aliphatic carbocycles. The first-order chi connectivity index (χ1) is 8.28. The third-order valence-corrected chi connectivity index (χ3v) is 3.40. The maximum Gasteiger partial charge on any atom is 0.131 e. The zero-order chi connectivity index (χ0) is 12.1. The molecule has 0 radical (unpaired) electrons. The summed E-state index contributed by atoms with van der Waals surface area (Å²) in [5, 5.41) is 14.5. The topological polar surface area (TPSA) is 46.8 Å². The predicted molar refractivity (Wildman–Crippen MR) is 67.8 cm³/mol. The lowest BCUT2D eigenvalue weighted by Gasteiger charge is -2.18. The van der Waals surface area contributed by atoms with Gasteiger partial charge in [0.1, 0.15) is 10.0 Å². The molecule has 0 aliphatic rings. The summed E-state index contributed by atoms with van der Waals surface area (Å²) in [6.07, 6.45) is 3.80. The van der Waals surface area contributed by atoms with E-state index in [4.69, 9.17) is 0 Å². The Morgan fingerprint density at radius 2 is 2.29 bits per heavy atom. The third-order valence-electron chi connectivity index (χ3n) is 2.58. The molecule has 2 heterocycles. The summed E-state index contributed by atoms with van der Waals surface area (Å²) >= 11 is 1.67. The zero-order valence-corrected chi connectivity index (χ0v) is 11.0. The van der Waals surface area contributed by atoms with Crippen LogP contribution in [0.1, 0.15) is 16.9 Å². The summed E-state index contributed by atoms with van der Waals surface area (Å²) in [6, 6.07) is 1.95. The standard InChI is InChI=1S/C11H17N5S/c1-3-15(7-8-16-6-4-5-12-16)9-11-14-13-10(2)17-11/h4-6H,3,7-9H2,1-2H3. The SMILES string of the molecule is CCN(CCn1cccn1)Cc1nnc(C)s1. The van der Waals surface area contributed by atoms with Gasteiger partial charge < -0.3 is 0 Å². The van der Waals surface area contributed by atoms with Gasteiger partial charge in [-0.25, -0.2) is 0 Å². The Balaban J connectivity index is 1.84. The lowest BCUT2D eigenvalue weighted by atomic mass is 10.4. The summed E-state index contributed by atoms with van der Waals surface area (Å²) in [5.74, 6) is 0. The molecule has 17 heavy (non-hydrogen) atoms. The second-order valence-electron chi connectivity index (χ2n) is 3.85. The number of aromatic nitrogens is 4. The van der Waals surface area contributed by atoms with Crippen molar-refractivity contribution in [2.24, 2.45) is 0 Å². The Morgan fingerprint density at radius 3 is 2.88 bits per heavy atom. The predicted octanol–water partition coefficient (Wildman–Crippen LogP) is 1.57. The van der Waals surface area contributed by atoms with E-state index in [9.17, 15) is 0 Å². The molecule has 0 amide bonds. The van der Waals surface area contributed by atoms with E-state index in [0.717, 1.165) is 36.2 Å². The van der Waals surface area contributed by atoms with E-state index >= 15 is 0 Å². The molecule has 0 saturated carbocycles. The van der Waals surface area contributed by atoms with Crippen molar-refractivity contribution in [1.82, 2.24) is 24.9 Å². The molecular formula is C11H17N5S. The summed E-state index contributed by atoms with van der Waals surface area (Å²) in [4.78, 5) is 2.35. The summed E-state index contributed by atoms with van der Waals surface area (Å²) in [6.45, 7) is 7.94. The van der Waals surface area contributed by atoms with Crippen LogP contribution in [-0.4, -0.2) is 38.0 Å². The first-order valence-electron chi connectivity index (χ1n) is 5.76. The third kappa shape index (κ3) is 3.61. The normalized spacial score (nSPS) is 11.2. The largest absolute Gasteiger partial charge is 0.295 e. The molecule has 0 bridgehead atoms. The van der Waals surface area contributed by atoms with Crippen LogP contribution in [0.4, 0.5) is 0 Å². The van der Waals surface area contributed by atoms with Crippen molar-refractivity contribution in [3.63, 3.8) is 0 Å². The maximum atomic E-state index is 4.20. The lowest BCUT2D eigenvalue weighted by molar-refractivity contribution is 0.262. The van der Waals surface area contributed by atoms with Crippen molar-refractivity contribution < 1.29 is 0 Å². The average Bonchev–Trinajstić information content (AvgIpc) is 2.96. The number of likely N-dealkylation sites (N-methyl/N-ethyl adjacent to an activating group) is 1. The highest BCUT2D eigenvalue weighted by atomic mass is 32.1. The molecule has 5 nitrogen and oxygen atoms in total. The highest BCUT2D eigenvalue weighted by molar-refractivity contribution is 7.11. The first-order valence-corrected chi connectivity index (χ1v) is 6.58. The molecule has 0 unspecified atom stereocenters. The number of hydrogen-bond acceptors (Lipinski definition) is 5. The molecule has 0 aliphatic heterocycles. The van der Waals surface area contributed by atoms with Crippen LogP contribution in [0, 0.1) is 6.92 Å². The Kier molecular flexibility index (Phi) is 4.22. The summed E-state index contributed by atoms with van der Waals surface area (Å²) < 4.78 is 1.95. The number of rotatable bonds is 6. The monoisotopic (exact) mass is 251 g/mol. The molecule has 0 saturated heterocycles. The fourth-order valence-corrected chi connectivity index (χ4v) is 2.37. The van der Waals surface area contributed by atoms with Crippen LogP contribution >= 0.6 is 11.3 Å². The molecule has 2 rings (SSSR count). The minimum atomic E-state index is 0.878. The smallest absolute Gasteiger partial charge is 0.131 e. The van der Waals surface area contributed by atoms with Crippen LogP contribution in [0.3, 0.4) is 0 Å². The van der Waals surface area contributed by atoms with E-state index in [1.165, 1.54) is 0 Å². The Labute approximate surface area is 105 Å². The van der Waals surface area contributed by atoms with E-state index < -0.39 is 0 Å². The molecular weight excluding hydrogens is 234 g/mol. The molecule has 0 N–H and O–H groups in total. The van der Waals surface area contributed by atoms with Gasteiger partial charge in [-0.2, -0.15) is 5.10 Å². The summed E-state index contributed by atoms with van der Waals surface area (Å²) in [7, 11) is 0. The van der Waals surface area contributed by atoms with E-state index in [1.54, 1.807) is 11.3 Å². The molecule has 0 atom stereocenters. The molecule has 6 heteroatoms. The lowest BCUT2D eigenvalue weighted by Crippen LogP contribution is -2.27. The molecule has 0 aromatic carbocycles. The van der Waals surface area contributed by atoms with Gasteiger partial charge in [0, 0.05) is 18.9 Å². The van der Waals surface area contributed by atoms with Gasteiger partial charge in [0.05, 0.1) is 13.1 Å². The Hall–Kier alpha value is -1.27. The van der Waals surface area contributed by atoms with Crippen LogP contribution in [0.15, 0.2) is 18.5 Å². The van der Waals surface area contributed by atoms with Gasteiger partial charge in [0.15, 0.2) is 0 Å². The van der Waals surface area contributed by atoms with Crippen molar-refractivity contribution in [3.8, 4) is 0 Å². The van der Waals surface area contributed by atoms with Crippen LogP contribution < -0.4 is 0 Å². The van der Waals surface area contributed by atoms with Gasteiger partial charge >= 0.3 is 0 Å². The fraction of sp³-hybridized carbons (Fsp3) is 0.545. The van der Waals surface area contributed by atoms with Gasteiger partial charge in [-0.1, -0.05) is 6.92 Å². The second-order valence-corrected chi connectivity index (χ2v) is 5.12. The molecule has 2 aromatic heterocycles. The van der Waals surface area contributed by atoms with Crippen molar-refractivity contribution >= 4 is 11.3 Å². The fourth-order valence-electron chi connectivity index (χ4n) is 1.62. The van der Waals surface area contributed by atoms with Crippen LogP contribution in [0.2, 0.25) is 0 Å². The van der Waals surface area contributed by atoms with E-state index in [1.807, 2.05) is 30.1 Å². The van der Waals surface area contributed by atoms with Crippen LogP contribution in [0.5, 0.6) is 0 Å². The number of nitrogens with zero attached hydrogens (tertiary/aromatic N) is 5. The van der Waals surface area contributed by atoms with E-state index in [-0.39, 0.29) is 0 Å². The van der Waals surface area contributed by atoms with Gasteiger partial charge in [0.25, 0.3) is 0 Å². The number of aryl methyl sites for hydroxylation is 1. The maximum absolute atomic E-state index is 4.20. The molecule has 92 valence electrons. The quantitative estimate of drug-likeness (QED) is 0.782. The van der Waals surface area contributed by atoms with Crippen molar-refractivity contribution in [2.45, 2.75) is 26.9 Å².